The average molecular weight is 710 g/mol. The maximum absolute atomic E-state index is 12.6. The highest BCUT2D eigenvalue weighted by molar-refractivity contribution is 5.70. The van der Waals surface area contributed by atoms with Gasteiger partial charge in [0, 0.05) is 19.3 Å². The molecule has 2 unspecified atom stereocenters. The molecule has 0 saturated heterocycles. The highest BCUT2D eigenvalue weighted by Crippen LogP contribution is 2.10. The summed E-state index contributed by atoms with van der Waals surface area (Å²) in [6, 6.07) is -0.744. The Kier molecular flexibility index (Phi) is 30.9. The highest BCUT2D eigenvalue weighted by atomic mass is 16.6. The Labute approximate surface area is 309 Å². The van der Waals surface area contributed by atoms with Gasteiger partial charge in [-0.05, 0) is 64.2 Å². The van der Waals surface area contributed by atoms with Gasteiger partial charge in [-0.25, -0.2) is 0 Å². The van der Waals surface area contributed by atoms with Crippen molar-refractivity contribution in [2.45, 2.75) is 116 Å². The van der Waals surface area contributed by atoms with E-state index < -0.39 is 18.1 Å². The summed E-state index contributed by atoms with van der Waals surface area (Å²) in [6.07, 6.45) is 43.0. The van der Waals surface area contributed by atoms with Crippen molar-refractivity contribution >= 4 is 17.9 Å². The summed E-state index contributed by atoms with van der Waals surface area (Å²) in [4.78, 5) is 36.6. The van der Waals surface area contributed by atoms with Gasteiger partial charge >= 0.3 is 11.9 Å². The van der Waals surface area contributed by atoms with Crippen LogP contribution in [0.1, 0.15) is 104 Å². The van der Waals surface area contributed by atoms with Crippen LogP contribution in [0.3, 0.4) is 0 Å². The van der Waals surface area contributed by atoms with E-state index >= 15 is 0 Å². The van der Waals surface area contributed by atoms with E-state index in [0.29, 0.717) is 12.8 Å². The van der Waals surface area contributed by atoms with Gasteiger partial charge in [0.2, 0.25) is 0 Å². The number of carboxylic acids is 1. The fourth-order valence-electron chi connectivity index (χ4n) is 4.69. The molecule has 0 spiro atoms. The number of quaternary nitrogens is 1. The number of unbranched alkanes of at least 4 members (excludes halogenated alkanes) is 5. The molecule has 0 aromatic heterocycles. The van der Waals surface area contributed by atoms with E-state index in [4.69, 9.17) is 14.2 Å². The Morgan fingerprint density at radius 3 is 1.76 bits per heavy atom. The molecule has 0 bridgehead atoms. The van der Waals surface area contributed by atoms with Crippen molar-refractivity contribution < 1.29 is 38.2 Å². The molecule has 0 aliphatic rings. The second-order valence-corrected chi connectivity index (χ2v) is 13.2. The summed E-state index contributed by atoms with van der Waals surface area (Å²) in [7, 11) is 5.35. The van der Waals surface area contributed by atoms with E-state index in [1.165, 1.54) is 0 Å². The van der Waals surface area contributed by atoms with Crippen LogP contribution in [0.25, 0.3) is 0 Å². The quantitative estimate of drug-likeness (QED) is 0.0235. The van der Waals surface area contributed by atoms with Crippen molar-refractivity contribution in [1.82, 2.24) is 0 Å². The molecule has 0 aliphatic carbocycles. The Morgan fingerprint density at radius 1 is 0.608 bits per heavy atom. The number of aliphatic carboxylic acids is 1. The summed E-state index contributed by atoms with van der Waals surface area (Å²) < 4.78 is 17.0. The summed E-state index contributed by atoms with van der Waals surface area (Å²) in [6.45, 7) is 4.26. The lowest BCUT2D eigenvalue weighted by Gasteiger charge is -2.34. The van der Waals surface area contributed by atoms with Crippen molar-refractivity contribution in [1.29, 1.82) is 0 Å². The van der Waals surface area contributed by atoms with Crippen molar-refractivity contribution in [2.75, 3.05) is 41.0 Å². The number of hydrogen-bond donors (Lipinski definition) is 0. The van der Waals surface area contributed by atoms with Gasteiger partial charge in [-0.2, -0.15) is 0 Å². The van der Waals surface area contributed by atoms with Crippen molar-refractivity contribution in [3.05, 3.63) is 97.2 Å². The minimum atomic E-state index is -1.14. The van der Waals surface area contributed by atoms with E-state index in [2.05, 4.69) is 62.5 Å². The molecule has 8 heteroatoms. The van der Waals surface area contributed by atoms with Crippen LogP contribution in [0.15, 0.2) is 97.2 Å². The summed E-state index contributed by atoms with van der Waals surface area (Å²) in [5.74, 6) is -1.86. The minimum Gasteiger partial charge on any atom is -0.544 e. The molecule has 0 N–H and O–H groups in total. The molecule has 286 valence electrons. The molecule has 0 aromatic carbocycles. The van der Waals surface area contributed by atoms with Gasteiger partial charge < -0.3 is 28.6 Å². The first-order chi connectivity index (χ1) is 24.6. The number of likely N-dealkylation sites (N-methyl/N-ethyl adjacent to an activating group) is 1. The number of rotatable bonds is 31. The van der Waals surface area contributed by atoms with Gasteiger partial charge in [0.1, 0.15) is 12.6 Å². The zero-order valence-electron chi connectivity index (χ0n) is 32.2. The van der Waals surface area contributed by atoms with Crippen LogP contribution in [0.5, 0.6) is 0 Å². The number of ether oxygens (including phenoxy) is 3. The molecule has 0 heterocycles. The molecule has 2 atom stereocenters. The lowest BCUT2D eigenvalue weighted by molar-refractivity contribution is -0.889. The minimum absolute atomic E-state index is 0.00373. The fraction of sp³-hybridized carbons (Fsp3) is 0.558. The normalized spacial score (nSPS) is 14.1. The number of hydrogen-bond acceptors (Lipinski definition) is 7. The van der Waals surface area contributed by atoms with Gasteiger partial charge in [-0.3, -0.25) is 9.59 Å². The van der Waals surface area contributed by atoms with E-state index in [1.54, 1.807) is 21.1 Å². The number of carbonyl (C=O) groups is 3. The second kappa shape index (κ2) is 33.4. The van der Waals surface area contributed by atoms with E-state index in [1.807, 2.05) is 48.6 Å². The lowest BCUT2D eigenvalue weighted by Crippen LogP contribution is -2.55. The topological polar surface area (TPSA) is 102 Å². The largest absolute Gasteiger partial charge is 0.544 e. The molecule has 0 saturated carbocycles. The van der Waals surface area contributed by atoms with Crippen LogP contribution in [-0.4, -0.2) is 75.5 Å². The predicted molar refractivity (Wildman–Crippen MR) is 208 cm³/mol. The monoisotopic (exact) mass is 709 g/mol. The van der Waals surface area contributed by atoms with Crippen LogP contribution in [0.4, 0.5) is 0 Å². The Morgan fingerprint density at radius 2 is 1.14 bits per heavy atom. The first-order valence-electron chi connectivity index (χ1n) is 18.8. The van der Waals surface area contributed by atoms with Gasteiger partial charge in [0.15, 0.2) is 6.10 Å². The van der Waals surface area contributed by atoms with Crippen molar-refractivity contribution in [2.24, 2.45) is 0 Å². The third-order valence-corrected chi connectivity index (χ3v) is 7.59. The molecular formula is C43H67NO7. The number of allylic oxidation sites excluding steroid dienone is 16. The summed E-state index contributed by atoms with van der Waals surface area (Å²) in [5.41, 5.74) is 0. The van der Waals surface area contributed by atoms with Gasteiger partial charge in [-0.1, -0.05) is 117 Å². The molecule has 0 amide bonds. The van der Waals surface area contributed by atoms with Crippen LogP contribution < -0.4 is 5.11 Å². The lowest BCUT2D eigenvalue weighted by atomic mass is 10.1. The predicted octanol–water partition coefficient (Wildman–Crippen LogP) is 8.23. The molecule has 8 nitrogen and oxygen atoms in total. The number of nitrogens with zero attached hydrogens (tertiary/aromatic N) is 1. The summed E-state index contributed by atoms with van der Waals surface area (Å²) in [5, 5.41) is 11.6. The zero-order valence-corrected chi connectivity index (χ0v) is 32.2. The third kappa shape index (κ3) is 31.9. The Hall–Kier alpha value is -3.75. The standard InChI is InChI=1S/C43H67NO7/c1-6-8-10-12-14-16-18-20-21-22-24-26-28-30-32-34-42(46)51-39(37-49-36-35-40(43(47)48)44(3,4)5)38-50-41(45)33-31-29-27-25-23-19-17-15-13-11-9-7-2/h8-12,14-18,20-25,39-40H,6-7,13,19,26-38H2,1-5H3/b10-8+,11-9+,14-12+,17-15+,18-16+,21-20+,24-22+,25-23+. The molecule has 0 rings (SSSR count). The Balaban J connectivity index is 4.61. The molecular weight excluding hydrogens is 642 g/mol. The van der Waals surface area contributed by atoms with E-state index in [0.717, 1.165) is 57.8 Å². The number of carboxylic acid groups (broad SMARTS) is 1. The van der Waals surface area contributed by atoms with Crippen LogP contribution in [0.2, 0.25) is 0 Å². The van der Waals surface area contributed by atoms with E-state index in [9.17, 15) is 19.5 Å². The SMILES string of the molecule is CC/C=C/C=C/C=C/C=C/C=C/CCCCCC(=O)OC(COCCC(C(=O)[O-])[N+](C)(C)C)COC(=O)CCCC/C=C/C/C=C/C/C=C/CC. The molecule has 0 fully saturated rings. The van der Waals surface area contributed by atoms with Gasteiger partial charge in [0.25, 0.3) is 0 Å². The van der Waals surface area contributed by atoms with Crippen LogP contribution in [-0.2, 0) is 28.6 Å². The molecule has 0 radical (unpaired) electrons. The molecule has 51 heavy (non-hydrogen) atoms. The average Bonchev–Trinajstić information content (AvgIpc) is 3.08. The third-order valence-electron chi connectivity index (χ3n) is 7.59. The van der Waals surface area contributed by atoms with Crippen molar-refractivity contribution in [3.63, 3.8) is 0 Å². The maximum atomic E-state index is 12.6. The maximum Gasteiger partial charge on any atom is 0.306 e. The first kappa shape index (κ1) is 47.2. The smallest absolute Gasteiger partial charge is 0.306 e. The zero-order chi connectivity index (χ0) is 37.8. The van der Waals surface area contributed by atoms with E-state index in [-0.39, 0.29) is 55.5 Å². The van der Waals surface area contributed by atoms with Gasteiger partial charge in [-0.15, -0.1) is 0 Å². The molecule has 0 aromatic rings. The number of esters is 2. The van der Waals surface area contributed by atoms with Gasteiger partial charge in [0.05, 0.1) is 40.3 Å². The number of carbonyl (C=O) groups excluding carboxylic acids is 3. The Bertz CT molecular complexity index is 1150. The first-order valence-corrected chi connectivity index (χ1v) is 18.8. The summed E-state index contributed by atoms with van der Waals surface area (Å²) >= 11 is 0. The second-order valence-electron chi connectivity index (χ2n) is 13.2. The molecule has 0 aliphatic heterocycles. The van der Waals surface area contributed by atoms with Crippen LogP contribution in [0, 0.1) is 0 Å². The van der Waals surface area contributed by atoms with Crippen LogP contribution >= 0.6 is 0 Å². The fourth-order valence-corrected chi connectivity index (χ4v) is 4.69. The van der Waals surface area contributed by atoms with Crippen molar-refractivity contribution in [3.8, 4) is 0 Å². The highest BCUT2D eigenvalue weighted by Gasteiger charge is 2.25.